The van der Waals surface area contributed by atoms with Crippen molar-refractivity contribution in [3.63, 3.8) is 0 Å². The van der Waals surface area contributed by atoms with E-state index in [4.69, 9.17) is 41.1 Å². The third-order valence-electron chi connectivity index (χ3n) is 6.56. The van der Waals surface area contributed by atoms with Gasteiger partial charge in [-0.1, -0.05) is 0 Å². The van der Waals surface area contributed by atoms with E-state index in [0.29, 0.717) is 51.4 Å². The Balaban J connectivity index is 0.000000408. The van der Waals surface area contributed by atoms with Gasteiger partial charge in [0, 0.05) is 65.3 Å². The molecular formula is C28H58O10Si2. The molecule has 2 atom stereocenters. The number of esters is 1. The standard InChI is InChI=1S/C15H30O6Si.C13H28O4Si/c1-4-19-22(20-5-2,21-6-3)12-8-10-15(16)18-13-14-9-7-11-17-14;1-4-16-18(3,17-5-2)11-7-9-14-12-13-8-6-10-15-13/h14H,4-13H2,1-3H3;13H,4-12H2,1-3H3. The average molecular weight is 611 g/mol. The summed E-state index contributed by atoms with van der Waals surface area (Å²) in [7, 11) is -4.59. The van der Waals surface area contributed by atoms with Gasteiger partial charge in [0.05, 0.1) is 18.8 Å². The molecule has 0 bridgehead atoms. The van der Waals surface area contributed by atoms with E-state index in [-0.39, 0.29) is 12.1 Å². The van der Waals surface area contributed by atoms with Crippen molar-refractivity contribution in [2.75, 3.05) is 66.1 Å². The molecule has 2 unspecified atom stereocenters. The van der Waals surface area contributed by atoms with Crippen LogP contribution in [0.4, 0.5) is 0 Å². The maximum Gasteiger partial charge on any atom is 0.500 e. The summed E-state index contributed by atoms with van der Waals surface area (Å²) >= 11 is 0. The van der Waals surface area contributed by atoms with E-state index in [9.17, 15) is 4.79 Å². The fourth-order valence-corrected chi connectivity index (χ4v) is 9.76. The van der Waals surface area contributed by atoms with Crippen LogP contribution in [-0.2, 0) is 45.9 Å². The van der Waals surface area contributed by atoms with Crippen molar-refractivity contribution in [1.82, 2.24) is 0 Å². The Morgan fingerprint density at radius 2 is 1.25 bits per heavy atom. The molecule has 40 heavy (non-hydrogen) atoms. The molecule has 0 radical (unpaired) electrons. The average Bonchev–Trinajstić information content (AvgIpc) is 3.63. The van der Waals surface area contributed by atoms with E-state index in [2.05, 4.69) is 6.55 Å². The molecule has 0 spiro atoms. The molecule has 0 saturated carbocycles. The molecule has 2 rings (SSSR count). The summed E-state index contributed by atoms with van der Waals surface area (Å²) in [4.78, 5) is 11.8. The van der Waals surface area contributed by atoms with Crippen molar-refractivity contribution in [3.8, 4) is 0 Å². The molecule has 10 nitrogen and oxygen atoms in total. The number of carbonyl (C=O) groups excluding carboxylic acids is 1. The van der Waals surface area contributed by atoms with Gasteiger partial charge in [-0.2, -0.15) is 0 Å². The maximum absolute atomic E-state index is 11.8. The Morgan fingerprint density at radius 1 is 0.725 bits per heavy atom. The number of hydrogen-bond donors (Lipinski definition) is 0. The molecular weight excluding hydrogens is 552 g/mol. The van der Waals surface area contributed by atoms with Crippen LogP contribution in [0.15, 0.2) is 0 Å². The maximum atomic E-state index is 11.8. The molecule has 0 aromatic heterocycles. The lowest BCUT2D eigenvalue weighted by Crippen LogP contribution is -2.46. The van der Waals surface area contributed by atoms with Gasteiger partial charge in [-0.05, 0) is 85.7 Å². The van der Waals surface area contributed by atoms with E-state index >= 15 is 0 Å². The Kier molecular flexibility index (Phi) is 21.7. The second kappa shape index (κ2) is 23.1. The minimum Gasteiger partial charge on any atom is -0.463 e. The van der Waals surface area contributed by atoms with Crippen molar-refractivity contribution in [2.45, 2.75) is 110 Å². The van der Waals surface area contributed by atoms with Crippen LogP contribution in [-0.4, -0.2) is 102 Å². The predicted octanol–water partition coefficient (Wildman–Crippen LogP) is 5.25. The highest BCUT2D eigenvalue weighted by Crippen LogP contribution is 2.20. The first-order valence-corrected chi connectivity index (χ1v) is 20.0. The smallest absolute Gasteiger partial charge is 0.463 e. The molecule has 0 aromatic carbocycles. The Bertz CT molecular complexity index is 593. The van der Waals surface area contributed by atoms with Crippen LogP contribution in [0.1, 0.15) is 79.6 Å². The summed E-state index contributed by atoms with van der Waals surface area (Å²) in [5, 5.41) is 0. The van der Waals surface area contributed by atoms with Gasteiger partial charge < -0.3 is 41.1 Å². The molecule has 2 fully saturated rings. The zero-order chi connectivity index (χ0) is 29.5. The summed E-state index contributed by atoms with van der Waals surface area (Å²) in [6.07, 6.45) is 6.76. The van der Waals surface area contributed by atoms with Crippen molar-refractivity contribution in [1.29, 1.82) is 0 Å². The Labute approximate surface area is 245 Å². The predicted molar refractivity (Wildman–Crippen MR) is 159 cm³/mol. The highest BCUT2D eigenvalue weighted by Gasteiger charge is 2.40. The van der Waals surface area contributed by atoms with Gasteiger partial charge in [0.2, 0.25) is 0 Å². The molecule has 0 aromatic rings. The summed E-state index contributed by atoms with van der Waals surface area (Å²) in [5.74, 6) is -0.192. The molecule has 2 aliphatic rings. The summed E-state index contributed by atoms with van der Waals surface area (Å²) in [6, 6.07) is 1.64. The Morgan fingerprint density at radius 3 is 1.73 bits per heavy atom. The minimum absolute atomic E-state index is 0.0766. The van der Waals surface area contributed by atoms with Gasteiger partial charge in [-0.15, -0.1) is 0 Å². The summed E-state index contributed by atoms with van der Waals surface area (Å²) < 4.78 is 50.7. The monoisotopic (exact) mass is 610 g/mol. The Hall–Kier alpha value is -0.416. The molecule has 2 aliphatic heterocycles. The van der Waals surface area contributed by atoms with Crippen LogP contribution in [0.2, 0.25) is 18.6 Å². The molecule has 12 heteroatoms. The highest BCUT2D eigenvalue weighted by atomic mass is 28.4. The lowest BCUT2D eigenvalue weighted by atomic mass is 10.2. The second-order valence-electron chi connectivity index (χ2n) is 9.97. The minimum atomic E-state index is -2.64. The van der Waals surface area contributed by atoms with Gasteiger partial charge in [-0.25, -0.2) is 0 Å². The lowest BCUT2D eigenvalue weighted by Gasteiger charge is -2.28. The SMILES string of the molecule is CCO[Si](C)(CCCOCC1CCCO1)OCC.CCO[Si](CCCC(=O)OCC1CCCO1)(OCC)OCC. The molecule has 0 aliphatic carbocycles. The number of rotatable bonds is 22. The fourth-order valence-electron chi connectivity index (χ4n) is 4.77. The van der Waals surface area contributed by atoms with Gasteiger partial charge >= 0.3 is 23.3 Å². The number of carbonyl (C=O) groups is 1. The van der Waals surface area contributed by atoms with Crippen molar-refractivity contribution < 1.29 is 45.9 Å². The summed E-state index contributed by atoms with van der Waals surface area (Å²) in [5.41, 5.74) is 0. The van der Waals surface area contributed by atoms with E-state index in [1.54, 1.807) is 0 Å². The normalized spacial score (nSPS) is 19.4. The van der Waals surface area contributed by atoms with Crippen LogP contribution >= 0.6 is 0 Å². The molecule has 2 heterocycles. The van der Waals surface area contributed by atoms with Crippen molar-refractivity contribution in [2.24, 2.45) is 0 Å². The van der Waals surface area contributed by atoms with Crippen LogP contribution in [0, 0.1) is 0 Å². The molecule has 238 valence electrons. The van der Waals surface area contributed by atoms with Crippen LogP contribution in [0.25, 0.3) is 0 Å². The van der Waals surface area contributed by atoms with Crippen molar-refractivity contribution in [3.05, 3.63) is 0 Å². The third kappa shape index (κ3) is 16.9. The third-order valence-corrected chi connectivity index (χ3v) is 12.8. The van der Waals surface area contributed by atoms with Crippen LogP contribution in [0.5, 0.6) is 0 Å². The topological polar surface area (TPSA) is 100 Å². The first-order valence-electron chi connectivity index (χ1n) is 15.5. The zero-order valence-corrected chi connectivity index (χ0v) is 28.2. The fraction of sp³-hybridized carbons (Fsp3) is 0.964. The van der Waals surface area contributed by atoms with Gasteiger partial charge in [-0.3, -0.25) is 4.79 Å². The van der Waals surface area contributed by atoms with E-state index in [1.165, 1.54) is 6.42 Å². The van der Waals surface area contributed by atoms with E-state index < -0.39 is 17.4 Å². The van der Waals surface area contributed by atoms with Crippen LogP contribution < -0.4 is 0 Å². The largest absolute Gasteiger partial charge is 0.500 e. The van der Waals surface area contributed by atoms with E-state index in [1.807, 2.05) is 34.6 Å². The quantitative estimate of drug-likeness (QED) is 0.0917. The highest BCUT2D eigenvalue weighted by molar-refractivity contribution is 6.66. The molecule has 0 N–H and O–H groups in total. The number of hydrogen-bond acceptors (Lipinski definition) is 10. The van der Waals surface area contributed by atoms with Gasteiger partial charge in [0.15, 0.2) is 0 Å². The second-order valence-corrected chi connectivity index (χ2v) is 16.0. The zero-order valence-electron chi connectivity index (χ0n) is 26.2. The van der Waals surface area contributed by atoms with E-state index in [0.717, 1.165) is 71.4 Å². The molecule has 0 amide bonds. The van der Waals surface area contributed by atoms with Gasteiger partial charge in [0.25, 0.3) is 0 Å². The summed E-state index contributed by atoms with van der Waals surface area (Å²) in [6.45, 7) is 18.6. The van der Waals surface area contributed by atoms with Gasteiger partial charge in [0.1, 0.15) is 6.61 Å². The molecule has 2 saturated heterocycles. The number of ether oxygens (including phenoxy) is 4. The first kappa shape index (κ1) is 37.6. The first-order chi connectivity index (χ1) is 19.4. The van der Waals surface area contributed by atoms with Crippen LogP contribution in [0.3, 0.4) is 0 Å². The lowest BCUT2D eigenvalue weighted by molar-refractivity contribution is -0.146. The van der Waals surface area contributed by atoms with Crippen molar-refractivity contribution >= 4 is 23.3 Å².